The predicted molar refractivity (Wildman–Crippen MR) is 359 cm³/mol. The molecule has 2 aliphatic carbocycles. The molecule has 8 aromatic carbocycles. The van der Waals surface area contributed by atoms with E-state index in [-0.39, 0.29) is 71.2 Å². The van der Waals surface area contributed by atoms with E-state index in [1.54, 1.807) is 84.9 Å². The van der Waals surface area contributed by atoms with E-state index in [1.807, 2.05) is 79.4 Å². The van der Waals surface area contributed by atoms with E-state index in [4.69, 9.17) is 47.4 Å². The van der Waals surface area contributed by atoms with E-state index in [0.717, 1.165) is 117 Å². The van der Waals surface area contributed by atoms with Crippen molar-refractivity contribution >= 4 is 69.0 Å². The van der Waals surface area contributed by atoms with Crippen LogP contribution in [0, 0.1) is 11.6 Å². The molecule has 1 saturated heterocycles. The van der Waals surface area contributed by atoms with Gasteiger partial charge in [-0.3, -0.25) is 9.59 Å². The van der Waals surface area contributed by atoms with Crippen LogP contribution in [-0.2, 0) is 18.0 Å². The second-order valence-corrected chi connectivity index (χ2v) is 25.8. The van der Waals surface area contributed by atoms with E-state index < -0.39 is 23.6 Å². The first-order valence-electron chi connectivity index (χ1n) is 32.2. The number of halogens is 4. The topological polar surface area (TPSA) is 147 Å². The Labute approximate surface area is 548 Å². The highest BCUT2D eigenvalue weighted by molar-refractivity contribution is 6.31. The van der Waals surface area contributed by atoms with Gasteiger partial charge < -0.3 is 33.6 Å². The van der Waals surface area contributed by atoms with Crippen LogP contribution in [0.25, 0.3) is 67.1 Å². The Morgan fingerprint density at radius 1 is 0.495 bits per heavy atom. The molecule has 3 heterocycles. The van der Waals surface area contributed by atoms with E-state index in [9.17, 15) is 19.2 Å². The van der Waals surface area contributed by atoms with Crippen molar-refractivity contribution in [2.24, 2.45) is 0 Å². The number of hydrogen-bond donors (Lipinski definition) is 1. The number of nitrogens with zero attached hydrogens (tertiary/aromatic N) is 5. The Morgan fingerprint density at radius 3 is 1.37 bits per heavy atom. The van der Waals surface area contributed by atoms with Crippen molar-refractivity contribution in [1.29, 1.82) is 0 Å². The molecule has 0 atom stereocenters. The second-order valence-electron chi connectivity index (χ2n) is 24.9. The molecule has 3 fully saturated rings. The van der Waals surface area contributed by atoms with Gasteiger partial charge in [0.1, 0.15) is 48.0 Å². The molecule has 0 radical (unpaired) electrons. The predicted octanol–water partition coefficient (Wildman–Crippen LogP) is 18.6. The maximum absolute atomic E-state index is 16.8. The Hall–Kier alpha value is -9.18. The summed E-state index contributed by atoms with van der Waals surface area (Å²) in [6.07, 6.45) is 12.6. The normalized spacial score (nSPS) is 14.8. The van der Waals surface area contributed by atoms with Gasteiger partial charge in [-0.1, -0.05) is 98.1 Å². The summed E-state index contributed by atoms with van der Waals surface area (Å²) < 4.78 is 55.8. The van der Waals surface area contributed by atoms with E-state index >= 15 is 8.78 Å². The Bertz CT molecular complexity index is 4470. The van der Waals surface area contributed by atoms with Gasteiger partial charge in [0, 0.05) is 64.5 Å². The van der Waals surface area contributed by atoms with Gasteiger partial charge in [-0.25, -0.2) is 28.3 Å². The maximum atomic E-state index is 16.8. The first kappa shape index (κ1) is 62.6. The van der Waals surface area contributed by atoms with Crippen molar-refractivity contribution in [1.82, 2.24) is 29.3 Å². The van der Waals surface area contributed by atoms with Gasteiger partial charge in [0.05, 0.1) is 44.3 Å². The Morgan fingerprint density at radius 2 is 0.914 bits per heavy atom. The molecule has 10 aromatic rings. The number of piperidine rings is 1. The zero-order valence-corrected chi connectivity index (χ0v) is 53.4. The number of rotatable bonds is 17. The summed E-state index contributed by atoms with van der Waals surface area (Å²) in [5.41, 5.74) is 8.92. The quantitative estimate of drug-likeness (QED) is 0.0695. The molecule has 2 aromatic heterocycles. The van der Waals surface area contributed by atoms with Crippen molar-refractivity contribution in [2.45, 2.75) is 129 Å². The average molecular weight is 1290 g/mol. The highest BCUT2D eigenvalue weighted by atomic mass is 35.5. The highest BCUT2D eigenvalue weighted by Gasteiger charge is 2.29. The fourth-order valence-electron chi connectivity index (χ4n) is 13.5. The molecule has 1 N–H and O–H groups in total. The molecule has 2 saturated carbocycles. The second kappa shape index (κ2) is 27.6. The monoisotopic (exact) mass is 1290 g/mol. The summed E-state index contributed by atoms with van der Waals surface area (Å²) in [5.74, 6) is -1.79. The van der Waals surface area contributed by atoms with Crippen LogP contribution < -0.4 is 14.8 Å². The van der Waals surface area contributed by atoms with Crippen LogP contribution in [0.4, 0.5) is 8.78 Å². The van der Waals surface area contributed by atoms with Gasteiger partial charge in [0.15, 0.2) is 0 Å². The lowest BCUT2D eigenvalue weighted by molar-refractivity contribution is 0.0397. The van der Waals surface area contributed by atoms with Crippen LogP contribution in [0.15, 0.2) is 158 Å². The molecule has 93 heavy (non-hydrogen) atoms. The van der Waals surface area contributed by atoms with Gasteiger partial charge >= 0.3 is 11.9 Å². The summed E-state index contributed by atoms with van der Waals surface area (Å²) >= 11 is 12.5. The molecular formula is C76H70Cl2F2N6O7. The van der Waals surface area contributed by atoms with Crippen LogP contribution >= 0.6 is 23.2 Å². The molecule has 17 heteroatoms. The number of ether oxygens (including phenoxy) is 3. The molecule has 13 nitrogen and oxygen atoms in total. The van der Waals surface area contributed by atoms with Gasteiger partial charge in [0.2, 0.25) is 0 Å². The number of amides is 2. The average Bonchev–Trinajstić information content (AvgIpc) is 1.63. The van der Waals surface area contributed by atoms with Crippen molar-refractivity contribution in [2.75, 3.05) is 13.1 Å². The third-order valence-electron chi connectivity index (χ3n) is 18.2. The smallest absolute Gasteiger partial charge is 0.346 e. The largest absolute Gasteiger partial charge is 0.489 e. The van der Waals surface area contributed by atoms with Gasteiger partial charge in [0.25, 0.3) is 11.8 Å². The summed E-state index contributed by atoms with van der Waals surface area (Å²) in [5, 5.41) is 4.13. The molecule has 0 unspecified atom stereocenters. The molecule has 1 aliphatic heterocycles. The Balaban J connectivity index is 0.739. The van der Waals surface area contributed by atoms with Crippen LogP contribution in [0.2, 0.25) is 10.0 Å². The first-order valence-corrected chi connectivity index (χ1v) is 33.0. The lowest BCUT2D eigenvalue weighted by Crippen LogP contribution is -2.35. The van der Waals surface area contributed by atoms with Gasteiger partial charge in [-0.15, -0.1) is 0 Å². The van der Waals surface area contributed by atoms with Crippen molar-refractivity contribution in [3.63, 3.8) is 0 Å². The standard InChI is InChI=1S/C76H70Cl2F2N6O7/c1-46(2)81-73(87)49-20-30-61(47-16-24-55(77)25-17-47)53(38-49)44-91-59-28-32-63(65(79)42-59)71-82-67-40-51(22-34-69(67)85(71)57-12-6-3-7-13-57)75(89)93-76(90)52-23-35-70-68(41-52)83-72(86(70)58-14-8-4-9-15-58)64-33-29-60(43-66(64)80)92-45-54-39-50(74(88)84-36-10-5-11-37-84)21-31-62(54)48-18-26-56(78)27-19-48/h16-35,38-43,46,57-58H,3-15,36-37,44-45H2,1-2H3,(H,81,87). The molecule has 474 valence electrons. The SMILES string of the molecule is CC(C)NC(=O)c1ccc(-c2ccc(Cl)cc2)c(COc2ccc(-c3nc4cc(C(=O)OC(=O)c5ccc6c(c5)nc(-c5ccc(OCc7cc(C(=O)N8CCCCC8)ccc7-c7ccc(Cl)cc7)cc5F)n6C5CCCCC5)ccc4n3C3CCCCC3)c(F)c2)c1. The van der Waals surface area contributed by atoms with Gasteiger partial charge in [-0.2, -0.15) is 0 Å². The highest BCUT2D eigenvalue weighted by Crippen LogP contribution is 2.41. The molecular weight excluding hydrogens is 1220 g/mol. The Kier molecular flexibility index (Phi) is 18.6. The van der Waals surface area contributed by atoms with Crippen LogP contribution in [0.3, 0.4) is 0 Å². The molecule has 3 aliphatic rings. The van der Waals surface area contributed by atoms with E-state index in [1.165, 1.54) is 12.1 Å². The van der Waals surface area contributed by atoms with Crippen molar-refractivity contribution in [3.05, 3.63) is 213 Å². The lowest BCUT2D eigenvalue weighted by atomic mass is 9.94. The third-order valence-corrected chi connectivity index (χ3v) is 18.7. The van der Waals surface area contributed by atoms with Crippen LogP contribution in [0.1, 0.15) is 162 Å². The number of fused-ring (bicyclic) bond motifs is 2. The number of benzene rings is 8. The minimum atomic E-state index is -0.897. The maximum Gasteiger partial charge on any atom is 0.346 e. The number of imidazole rings is 2. The number of carbonyl (C=O) groups is 4. The summed E-state index contributed by atoms with van der Waals surface area (Å²) in [4.78, 5) is 66.7. The molecule has 0 spiro atoms. The van der Waals surface area contributed by atoms with Crippen LogP contribution in [-0.4, -0.2) is 66.9 Å². The number of aromatic nitrogens is 4. The summed E-state index contributed by atoms with van der Waals surface area (Å²) in [7, 11) is 0. The minimum absolute atomic E-state index is 0.0141. The fraction of sp³-hybridized carbons (Fsp3) is 0.289. The van der Waals surface area contributed by atoms with E-state index in [2.05, 4.69) is 14.5 Å². The minimum Gasteiger partial charge on any atom is -0.489 e. The molecule has 2 amide bonds. The van der Waals surface area contributed by atoms with Crippen molar-refractivity contribution < 1.29 is 42.2 Å². The first-order chi connectivity index (χ1) is 45.2. The zero-order valence-electron chi connectivity index (χ0n) is 51.9. The lowest BCUT2D eigenvalue weighted by Gasteiger charge is -2.27. The third kappa shape index (κ3) is 13.7. The zero-order chi connectivity index (χ0) is 64.3. The number of hydrogen-bond acceptors (Lipinski definition) is 9. The number of carbonyl (C=O) groups excluding carboxylic acids is 4. The van der Waals surface area contributed by atoms with Gasteiger partial charge in [-0.05, 0) is 201 Å². The molecule has 13 rings (SSSR count). The fourth-order valence-corrected chi connectivity index (χ4v) is 13.7. The number of likely N-dealkylation sites (tertiary alicyclic amines) is 1. The molecule has 0 bridgehead atoms. The number of nitrogens with one attached hydrogen (secondary N) is 1. The summed E-state index contributed by atoms with van der Waals surface area (Å²) in [6.45, 7) is 5.32. The van der Waals surface area contributed by atoms with E-state index in [0.29, 0.717) is 73.7 Å². The van der Waals surface area contributed by atoms with Crippen LogP contribution in [0.5, 0.6) is 11.5 Å². The summed E-state index contributed by atoms with van der Waals surface area (Å²) in [6, 6.07) is 45.2. The van der Waals surface area contributed by atoms with Crippen molar-refractivity contribution in [3.8, 4) is 56.5 Å². The number of esters is 2.